The smallest absolute Gasteiger partial charge is 0.445 e. The van der Waals surface area contributed by atoms with Crippen LogP contribution in [0.1, 0.15) is 76.0 Å². The lowest BCUT2D eigenvalue weighted by molar-refractivity contribution is 0.498. The Bertz CT molecular complexity index is 416. The van der Waals surface area contributed by atoms with E-state index in [0.29, 0.717) is 11.1 Å². The highest BCUT2D eigenvalue weighted by molar-refractivity contribution is 6.74. The molecule has 0 aromatic heterocycles. The Labute approximate surface area is 114 Å². The highest BCUT2D eigenvalue weighted by Gasteiger charge is 2.32. The molecule has 0 heterocycles. The van der Waals surface area contributed by atoms with E-state index in [-0.39, 0.29) is 23.2 Å². The Morgan fingerprint density at radius 3 is 1.32 bits per heavy atom. The summed E-state index contributed by atoms with van der Waals surface area (Å²) in [4.78, 5) is 0. The minimum absolute atomic E-state index is 0.116. The van der Waals surface area contributed by atoms with Crippen LogP contribution in [-0.2, 0) is 0 Å². The Morgan fingerprint density at radius 2 is 1.11 bits per heavy atom. The van der Waals surface area contributed by atoms with E-state index in [1.54, 1.807) is 12.1 Å². The predicted molar refractivity (Wildman–Crippen MR) is 77.4 cm³/mol. The van der Waals surface area contributed by atoms with Gasteiger partial charge < -0.3 is 12.9 Å². The molecule has 0 N–H and O–H groups in total. The van der Waals surface area contributed by atoms with Crippen molar-refractivity contribution in [2.75, 3.05) is 0 Å². The quantitative estimate of drug-likeness (QED) is 0.667. The van der Waals surface area contributed by atoms with Gasteiger partial charge in [0.15, 0.2) is 0 Å². The molecule has 0 spiro atoms. The van der Waals surface area contributed by atoms with Gasteiger partial charge in [-0.25, -0.2) is 0 Å². The van der Waals surface area contributed by atoms with Gasteiger partial charge in [0.25, 0.3) is 0 Å². The Balaban J connectivity index is 3.66. The summed E-state index contributed by atoms with van der Waals surface area (Å²) in [7, 11) is 0. The molecule has 0 radical (unpaired) electrons. The fraction of sp³-hybridized carbons (Fsp3) is 0.600. The first-order chi connectivity index (χ1) is 8.55. The van der Waals surface area contributed by atoms with Crippen molar-refractivity contribution in [3.05, 3.63) is 28.8 Å². The first kappa shape index (κ1) is 16.1. The molecule has 1 aromatic rings. The fourth-order valence-corrected chi connectivity index (χ4v) is 2.39. The number of rotatable bonds is 4. The van der Waals surface area contributed by atoms with Gasteiger partial charge in [-0.1, -0.05) is 64.8 Å². The zero-order valence-corrected chi connectivity index (χ0v) is 12.6. The minimum Gasteiger partial charge on any atom is -0.445 e. The summed E-state index contributed by atoms with van der Waals surface area (Å²) in [6.07, 6.45) is 0. The molecule has 19 heavy (non-hydrogen) atoms. The average Bonchev–Trinajstić information content (AvgIpc) is 2.25. The number of hydrogen-bond donors (Lipinski definition) is 0. The lowest BCUT2D eigenvalue weighted by Crippen LogP contribution is -2.41. The summed E-state index contributed by atoms with van der Waals surface area (Å²) >= 11 is 0. The summed E-state index contributed by atoms with van der Waals surface area (Å²) in [5, 5.41) is 0. The van der Waals surface area contributed by atoms with Crippen LogP contribution in [0.15, 0.2) is 12.1 Å². The molecule has 0 nitrogen and oxygen atoms in total. The molecule has 0 aliphatic rings. The highest BCUT2D eigenvalue weighted by atomic mass is 19.4. The monoisotopic (exact) mass is 271 g/mol. The third-order valence-electron chi connectivity index (χ3n) is 3.50. The fourth-order valence-electron chi connectivity index (χ4n) is 2.39. The van der Waals surface area contributed by atoms with Crippen molar-refractivity contribution in [1.82, 2.24) is 0 Å². The molecular formula is C15H23BF3-. The van der Waals surface area contributed by atoms with Crippen LogP contribution in [0.3, 0.4) is 0 Å². The van der Waals surface area contributed by atoms with Crippen LogP contribution in [0.5, 0.6) is 0 Å². The molecule has 0 bridgehead atoms. The second-order valence-electron chi connectivity index (χ2n) is 6.15. The van der Waals surface area contributed by atoms with Crippen molar-refractivity contribution in [2.24, 2.45) is 0 Å². The zero-order chi connectivity index (χ0) is 15.0. The maximum absolute atomic E-state index is 13.4. The summed E-state index contributed by atoms with van der Waals surface area (Å²) in [6, 6.07) is 3.48. The van der Waals surface area contributed by atoms with Crippen molar-refractivity contribution in [2.45, 2.75) is 59.3 Å². The Morgan fingerprint density at radius 1 is 0.737 bits per heavy atom. The second kappa shape index (κ2) is 5.60. The Hall–Kier alpha value is -0.925. The van der Waals surface area contributed by atoms with Gasteiger partial charge in [0.05, 0.1) is 0 Å². The van der Waals surface area contributed by atoms with Gasteiger partial charge in [0.1, 0.15) is 0 Å². The molecule has 0 atom stereocenters. The predicted octanol–water partition coefficient (Wildman–Crippen LogP) is 5.11. The van der Waals surface area contributed by atoms with Gasteiger partial charge in [-0.15, -0.1) is 5.46 Å². The topological polar surface area (TPSA) is 0 Å². The van der Waals surface area contributed by atoms with E-state index in [2.05, 4.69) is 0 Å². The first-order valence-corrected chi connectivity index (χ1v) is 6.93. The van der Waals surface area contributed by atoms with E-state index >= 15 is 0 Å². The van der Waals surface area contributed by atoms with E-state index in [1.165, 1.54) is 0 Å². The van der Waals surface area contributed by atoms with Crippen molar-refractivity contribution in [3.8, 4) is 0 Å². The molecule has 1 aromatic carbocycles. The van der Waals surface area contributed by atoms with Gasteiger partial charge in [-0.05, 0) is 23.3 Å². The SMILES string of the molecule is CC(C)c1cc(C(C)C)c([B-](F)(F)F)c(C(C)C)c1. The summed E-state index contributed by atoms with van der Waals surface area (Å²) in [6.45, 7) is 6.38. The number of hydrogen-bond acceptors (Lipinski definition) is 0. The van der Waals surface area contributed by atoms with E-state index in [0.717, 1.165) is 5.56 Å². The zero-order valence-electron chi connectivity index (χ0n) is 12.6. The molecule has 0 saturated carbocycles. The summed E-state index contributed by atoms with van der Waals surface area (Å²) in [5.74, 6) is 0.00850. The van der Waals surface area contributed by atoms with Gasteiger partial charge in [-0.3, -0.25) is 0 Å². The van der Waals surface area contributed by atoms with E-state index < -0.39 is 6.98 Å². The lowest BCUT2D eigenvalue weighted by Gasteiger charge is -2.29. The number of benzene rings is 1. The van der Waals surface area contributed by atoms with Crippen LogP contribution in [0.4, 0.5) is 12.9 Å². The standard InChI is InChI=1S/C15H23BF3/c1-9(2)12-7-13(10(3)4)15(16(17,18)19)14(8-12)11(5)6/h7-11H,1-6H3/q-1. The summed E-state index contributed by atoms with van der Waals surface area (Å²) < 4.78 is 40.3. The maximum Gasteiger partial charge on any atom is 0.510 e. The molecule has 0 aliphatic heterocycles. The van der Waals surface area contributed by atoms with Crippen molar-refractivity contribution in [3.63, 3.8) is 0 Å². The Kier molecular flexibility index (Phi) is 4.75. The first-order valence-electron chi connectivity index (χ1n) is 6.93. The van der Waals surface area contributed by atoms with Gasteiger partial charge in [-0.2, -0.15) is 0 Å². The molecule has 0 aliphatic carbocycles. The van der Waals surface area contributed by atoms with Crippen LogP contribution in [-0.4, -0.2) is 6.98 Å². The highest BCUT2D eigenvalue weighted by Crippen LogP contribution is 2.29. The van der Waals surface area contributed by atoms with Crippen LogP contribution in [0, 0.1) is 0 Å². The third-order valence-corrected chi connectivity index (χ3v) is 3.50. The molecule has 0 unspecified atom stereocenters. The molecule has 0 amide bonds. The van der Waals surface area contributed by atoms with Crippen LogP contribution >= 0.6 is 0 Å². The van der Waals surface area contributed by atoms with Crippen LogP contribution < -0.4 is 5.46 Å². The normalized spacial score (nSPS) is 12.8. The molecule has 4 heteroatoms. The third kappa shape index (κ3) is 3.55. The molecular weight excluding hydrogens is 248 g/mol. The van der Waals surface area contributed by atoms with Crippen molar-refractivity contribution in [1.29, 1.82) is 0 Å². The number of halogens is 3. The van der Waals surface area contributed by atoms with E-state index in [1.807, 2.05) is 41.5 Å². The minimum atomic E-state index is -4.97. The van der Waals surface area contributed by atoms with Gasteiger partial charge in [0.2, 0.25) is 0 Å². The molecule has 0 fully saturated rings. The molecule has 108 valence electrons. The van der Waals surface area contributed by atoms with Crippen LogP contribution in [0.2, 0.25) is 0 Å². The average molecular weight is 271 g/mol. The van der Waals surface area contributed by atoms with E-state index in [9.17, 15) is 12.9 Å². The lowest BCUT2D eigenvalue weighted by atomic mass is 9.68. The maximum atomic E-state index is 13.4. The van der Waals surface area contributed by atoms with Crippen molar-refractivity contribution < 1.29 is 12.9 Å². The molecule has 1 rings (SSSR count). The second-order valence-corrected chi connectivity index (χ2v) is 6.15. The van der Waals surface area contributed by atoms with Crippen LogP contribution in [0.25, 0.3) is 0 Å². The molecule has 0 saturated heterocycles. The summed E-state index contributed by atoms with van der Waals surface area (Å²) in [5.41, 5.74) is 1.52. The van der Waals surface area contributed by atoms with Crippen molar-refractivity contribution >= 4 is 12.4 Å². The largest absolute Gasteiger partial charge is 0.510 e. The van der Waals surface area contributed by atoms with Gasteiger partial charge in [0, 0.05) is 0 Å². The van der Waals surface area contributed by atoms with Gasteiger partial charge >= 0.3 is 6.98 Å². The van der Waals surface area contributed by atoms with E-state index in [4.69, 9.17) is 0 Å².